The van der Waals surface area contributed by atoms with Gasteiger partial charge in [0.25, 0.3) is 5.91 Å². The molecule has 0 saturated carbocycles. The molecular weight excluding hydrogens is 292 g/mol. The number of carbonyl (C=O) groups is 1. The summed E-state index contributed by atoms with van der Waals surface area (Å²) in [6, 6.07) is 7.78. The highest BCUT2D eigenvalue weighted by atomic mass is 16.2. The molecule has 0 aliphatic carbocycles. The minimum Gasteiger partial charge on any atom is -0.382 e. The fraction of sp³-hybridized carbons (Fsp3) is 0.188. The molecule has 0 atom stereocenters. The van der Waals surface area contributed by atoms with Gasteiger partial charge in [0.15, 0.2) is 11.5 Å². The molecule has 0 spiro atoms. The Morgan fingerprint density at radius 1 is 1.17 bits per heavy atom. The van der Waals surface area contributed by atoms with Gasteiger partial charge in [0.05, 0.1) is 12.1 Å². The molecule has 0 aliphatic rings. The predicted octanol–water partition coefficient (Wildman–Crippen LogP) is 1.58. The van der Waals surface area contributed by atoms with Crippen molar-refractivity contribution in [3.63, 3.8) is 0 Å². The number of benzene rings is 1. The number of hydrogen-bond acceptors (Lipinski definition) is 6. The topological polar surface area (TPSA) is 97.9 Å². The molecule has 2 aromatic heterocycles. The molecule has 1 amide bonds. The second kappa shape index (κ2) is 5.96. The van der Waals surface area contributed by atoms with Crippen LogP contribution >= 0.6 is 0 Å². The van der Waals surface area contributed by atoms with E-state index in [1.165, 1.54) is 17.3 Å². The number of nitrogens with zero attached hydrogens (tertiary/aromatic N) is 5. The maximum absolute atomic E-state index is 12.4. The Hall–Kier alpha value is -3.09. The van der Waals surface area contributed by atoms with E-state index in [-0.39, 0.29) is 24.0 Å². The van der Waals surface area contributed by atoms with Crippen LogP contribution in [0.2, 0.25) is 0 Å². The van der Waals surface area contributed by atoms with Gasteiger partial charge in [-0.3, -0.25) is 4.79 Å². The van der Waals surface area contributed by atoms with E-state index < -0.39 is 0 Å². The van der Waals surface area contributed by atoms with Gasteiger partial charge in [0, 0.05) is 30.5 Å². The zero-order valence-electron chi connectivity index (χ0n) is 12.9. The molecule has 2 heterocycles. The third-order valence-corrected chi connectivity index (χ3v) is 3.49. The van der Waals surface area contributed by atoms with Crippen LogP contribution in [0.1, 0.15) is 22.0 Å². The summed E-state index contributed by atoms with van der Waals surface area (Å²) in [5.74, 6) is 0.365. The summed E-state index contributed by atoms with van der Waals surface area (Å²) in [5.41, 5.74) is 7.57. The summed E-state index contributed by atoms with van der Waals surface area (Å²) in [4.78, 5) is 30.7. The zero-order valence-corrected chi connectivity index (χ0v) is 12.9. The number of para-hydroxylation sites is 1. The molecule has 0 saturated heterocycles. The number of rotatable bonds is 3. The van der Waals surface area contributed by atoms with Crippen molar-refractivity contribution in [3.05, 3.63) is 53.9 Å². The van der Waals surface area contributed by atoms with E-state index >= 15 is 0 Å². The average molecular weight is 308 g/mol. The summed E-state index contributed by atoms with van der Waals surface area (Å²) in [7, 11) is 1.66. The van der Waals surface area contributed by atoms with Crippen molar-refractivity contribution in [2.45, 2.75) is 13.5 Å². The van der Waals surface area contributed by atoms with E-state index in [0.717, 1.165) is 16.6 Å². The van der Waals surface area contributed by atoms with E-state index in [2.05, 4.69) is 19.9 Å². The molecule has 3 rings (SSSR count). The molecule has 7 nitrogen and oxygen atoms in total. The smallest absolute Gasteiger partial charge is 0.276 e. The van der Waals surface area contributed by atoms with E-state index in [1.807, 2.05) is 31.2 Å². The Kier molecular flexibility index (Phi) is 3.84. The minimum absolute atomic E-state index is 0.111. The van der Waals surface area contributed by atoms with Gasteiger partial charge in [0.2, 0.25) is 0 Å². The van der Waals surface area contributed by atoms with Crippen LogP contribution in [0.15, 0.2) is 36.7 Å². The van der Waals surface area contributed by atoms with Crippen molar-refractivity contribution in [1.29, 1.82) is 0 Å². The summed E-state index contributed by atoms with van der Waals surface area (Å²) < 4.78 is 0. The summed E-state index contributed by atoms with van der Waals surface area (Å²) in [5, 5.41) is 1.00. The molecule has 0 radical (unpaired) electrons. The minimum atomic E-state index is -0.315. The molecule has 0 bridgehead atoms. The van der Waals surface area contributed by atoms with Crippen LogP contribution in [-0.4, -0.2) is 37.8 Å². The summed E-state index contributed by atoms with van der Waals surface area (Å²) in [6.07, 6.45) is 2.88. The van der Waals surface area contributed by atoms with Crippen LogP contribution in [0.3, 0.4) is 0 Å². The molecule has 0 fully saturated rings. The van der Waals surface area contributed by atoms with Crippen LogP contribution in [0.4, 0.5) is 5.82 Å². The lowest BCUT2D eigenvalue weighted by atomic mass is 10.2. The number of fused-ring (bicyclic) bond motifs is 1. The quantitative estimate of drug-likeness (QED) is 0.789. The monoisotopic (exact) mass is 308 g/mol. The number of nitrogen functional groups attached to an aromatic ring is 1. The van der Waals surface area contributed by atoms with Gasteiger partial charge >= 0.3 is 0 Å². The van der Waals surface area contributed by atoms with Crippen molar-refractivity contribution in [2.75, 3.05) is 12.8 Å². The molecule has 2 N–H and O–H groups in total. The Labute approximate surface area is 133 Å². The number of anilines is 1. The Bertz CT molecular complexity index is 879. The van der Waals surface area contributed by atoms with Crippen molar-refractivity contribution in [1.82, 2.24) is 24.8 Å². The van der Waals surface area contributed by atoms with Crippen LogP contribution in [0.25, 0.3) is 10.9 Å². The third-order valence-electron chi connectivity index (χ3n) is 3.49. The van der Waals surface area contributed by atoms with Crippen molar-refractivity contribution >= 4 is 22.6 Å². The lowest BCUT2D eigenvalue weighted by Crippen LogP contribution is -2.29. The first kappa shape index (κ1) is 14.8. The van der Waals surface area contributed by atoms with Crippen LogP contribution in [-0.2, 0) is 6.54 Å². The number of nitrogens with two attached hydrogens (primary N) is 1. The number of carbonyl (C=O) groups excluding carboxylic acids is 1. The fourth-order valence-electron chi connectivity index (χ4n) is 2.34. The van der Waals surface area contributed by atoms with Gasteiger partial charge < -0.3 is 10.6 Å². The zero-order chi connectivity index (χ0) is 16.4. The van der Waals surface area contributed by atoms with Crippen molar-refractivity contribution < 1.29 is 4.79 Å². The molecule has 3 aromatic rings. The van der Waals surface area contributed by atoms with E-state index in [4.69, 9.17) is 5.73 Å². The number of aryl methyl sites for hydroxylation is 1. The highest BCUT2D eigenvalue weighted by Gasteiger charge is 2.18. The van der Waals surface area contributed by atoms with Crippen molar-refractivity contribution in [3.8, 4) is 0 Å². The van der Waals surface area contributed by atoms with Crippen LogP contribution in [0.5, 0.6) is 0 Å². The SMILES string of the molecule is Cc1nc(CN(C)C(=O)c2nccnc2N)nc2ccccc12. The Morgan fingerprint density at radius 2 is 1.91 bits per heavy atom. The second-order valence-corrected chi connectivity index (χ2v) is 5.19. The number of hydrogen-bond donors (Lipinski definition) is 1. The maximum atomic E-state index is 12.4. The van der Waals surface area contributed by atoms with Crippen molar-refractivity contribution in [2.24, 2.45) is 0 Å². The van der Waals surface area contributed by atoms with E-state index in [1.54, 1.807) is 7.05 Å². The van der Waals surface area contributed by atoms with E-state index in [0.29, 0.717) is 5.82 Å². The molecule has 23 heavy (non-hydrogen) atoms. The second-order valence-electron chi connectivity index (χ2n) is 5.19. The predicted molar refractivity (Wildman–Crippen MR) is 86.5 cm³/mol. The Morgan fingerprint density at radius 3 is 2.70 bits per heavy atom. The Balaban J connectivity index is 1.87. The molecule has 0 unspecified atom stereocenters. The first-order valence-electron chi connectivity index (χ1n) is 7.10. The highest BCUT2D eigenvalue weighted by Crippen LogP contribution is 2.16. The average Bonchev–Trinajstić information content (AvgIpc) is 2.54. The standard InChI is InChI=1S/C16H16N6O/c1-10-11-5-3-4-6-12(11)21-13(20-10)9-22(2)16(23)14-15(17)19-8-7-18-14/h3-8H,9H2,1-2H3,(H2,17,19). The first-order valence-corrected chi connectivity index (χ1v) is 7.10. The number of amides is 1. The fourth-order valence-corrected chi connectivity index (χ4v) is 2.34. The van der Waals surface area contributed by atoms with Crippen LogP contribution in [0, 0.1) is 6.92 Å². The van der Waals surface area contributed by atoms with Gasteiger partial charge in [0.1, 0.15) is 5.82 Å². The molecular formula is C16H16N6O. The van der Waals surface area contributed by atoms with Gasteiger partial charge in [-0.1, -0.05) is 18.2 Å². The third kappa shape index (κ3) is 2.94. The largest absolute Gasteiger partial charge is 0.382 e. The molecule has 7 heteroatoms. The highest BCUT2D eigenvalue weighted by molar-refractivity contribution is 5.96. The normalized spacial score (nSPS) is 10.7. The molecule has 0 aliphatic heterocycles. The van der Waals surface area contributed by atoms with Crippen LogP contribution < -0.4 is 5.73 Å². The lowest BCUT2D eigenvalue weighted by molar-refractivity contribution is 0.0776. The first-order chi connectivity index (χ1) is 11.1. The number of aromatic nitrogens is 4. The van der Waals surface area contributed by atoms with E-state index in [9.17, 15) is 4.79 Å². The molecule has 116 valence electrons. The van der Waals surface area contributed by atoms with Gasteiger partial charge in [-0.2, -0.15) is 0 Å². The van der Waals surface area contributed by atoms with Gasteiger partial charge in [-0.05, 0) is 13.0 Å². The maximum Gasteiger partial charge on any atom is 0.276 e. The summed E-state index contributed by atoms with van der Waals surface area (Å²) >= 11 is 0. The molecule has 1 aromatic carbocycles. The van der Waals surface area contributed by atoms with Gasteiger partial charge in [-0.25, -0.2) is 19.9 Å². The lowest BCUT2D eigenvalue weighted by Gasteiger charge is -2.16. The summed E-state index contributed by atoms with van der Waals surface area (Å²) in [6.45, 7) is 2.19. The van der Waals surface area contributed by atoms with Gasteiger partial charge in [-0.15, -0.1) is 0 Å².